The predicted molar refractivity (Wildman–Crippen MR) is 105 cm³/mol. The molecule has 1 saturated heterocycles. The van der Waals surface area contributed by atoms with Crippen molar-refractivity contribution in [2.24, 2.45) is 0 Å². The number of pyridine rings is 1. The zero-order chi connectivity index (χ0) is 21.5. The number of carbonyl (C=O) groups is 1. The number of amides is 1. The minimum absolute atomic E-state index is 0.0460. The standard InChI is InChI=1S/C20H26F3N5O2/c21-20(22,23)13-10-14(25-18-16(13)17(24)26-27-18)12-4-8-28(9-5-12)15(29)11-19(30)6-2-1-3-7-19/h10,12,30H,1-9,11H2,(H3,24,25,26,27). The minimum Gasteiger partial charge on any atom is -0.389 e. The lowest BCUT2D eigenvalue weighted by atomic mass is 9.82. The Morgan fingerprint density at radius 1 is 1.27 bits per heavy atom. The van der Waals surface area contributed by atoms with E-state index in [4.69, 9.17) is 5.73 Å². The molecule has 164 valence electrons. The molecule has 0 aromatic carbocycles. The van der Waals surface area contributed by atoms with Crippen molar-refractivity contribution in [1.82, 2.24) is 20.1 Å². The highest BCUT2D eigenvalue weighted by Crippen LogP contribution is 2.39. The van der Waals surface area contributed by atoms with E-state index in [1.54, 1.807) is 4.90 Å². The van der Waals surface area contributed by atoms with Gasteiger partial charge in [-0.25, -0.2) is 4.98 Å². The number of nitrogen functional groups attached to an aromatic ring is 1. The summed E-state index contributed by atoms with van der Waals surface area (Å²) in [7, 11) is 0. The first-order chi connectivity index (χ1) is 14.2. The number of aromatic nitrogens is 3. The molecule has 4 N–H and O–H groups in total. The molecule has 2 aliphatic rings. The molecule has 2 fully saturated rings. The average Bonchev–Trinajstić information content (AvgIpc) is 3.08. The van der Waals surface area contributed by atoms with Crippen LogP contribution in [0, 0.1) is 0 Å². The zero-order valence-corrected chi connectivity index (χ0v) is 16.6. The van der Waals surface area contributed by atoms with Crippen LogP contribution in [0.25, 0.3) is 11.0 Å². The lowest BCUT2D eigenvalue weighted by Gasteiger charge is -2.36. The molecule has 0 atom stereocenters. The van der Waals surface area contributed by atoms with Crippen LogP contribution >= 0.6 is 0 Å². The second kappa shape index (κ2) is 7.72. The number of aromatic amines is 1. The fraction of sp³-hybridized carbons (Fsp3) is 0.650. The van der Waals surface area contributed by atoms with Crippen LogP contribution in [0.5, 0.6) is 0 Å². The number of aliphatic hydroxyl groups is 1. The van der Waals surface area contributed by atoms with Gasteiger partial charge in [0.05, 0.1) is 23.0 Å². The Morgan fingerprint density at radius 3 is 2.57 bits per heavy atom. The van der Waals surface area contributed by atoms with Crippen molar-refractivity contribution < 1.29 is 23.1 Å². The molecule has 10 heteroatoms. The Balaban J connectivity index is 1.46. The molecule has 3 heterocycles. The number of H-pyrrole nitrogens is 1. The number of likely N-dealkylation sites (tertiary alicyclic amines) is 1. The Hall–Kier alpha value is -2.36. The number of nitrogens with one attached hydrogen (secondary N) is 1. The second-order valence-electron chi connectivity index (χ2n) is 8.55. The summed E-state index contributed by atoms with van der Waals surface area (Å²) in [4.78, 5) is 18.7. The first-order valence-corrected chi connectivity index (χ1v) is 10.4. The molecule has 0 bridgehead atoms. The van der Waals surface area contributed by atoms with E-state index in [0.717, 1.165) is 25.3 Å². The van der Waals surface area contributed by atoms with E-state index >= 15 is 0 Å². The molecule has 0 unspecified atom stereocenters. The lowest BCUT2D eigenvalue weighted by molar-refractivity contribution is -0.139. The molecule has 1 aliphatic carbocycles. The molecule has 2 aromatic heterocycles. The third kappa shape index (κ3) is 4.10. The molecule has 1 aliphatic heterocycles. The van der Waals surface area contributed by atoms with Crippen LogP contribution in [0.3, 0.4) is 0 Å². The van der Waals surface area contributed by atoms with Gasteiger partial charge in [0.15, 0.2) is 5.65 Å². The van der Waals surface area contributed by atoms with E-state index in [0.29, 0.717) is 44.5 Å². The summed E-state index contributed by atoms with van der Waals surface area (Å²) in [6, 6.07) is 1.06. The number of nitrogens with zero attached hydrogens (tertiary/aromatic N) is 3. The zero-order valence-electron chi connectivity index (χ0n) is 16.6. The highest BCUT2D eigenvalue weighted by Gasteiger charge is 2.37. The second-order valence-corrected chi connectivity index (χ2v) is 8.55. The van der Waals surface area contributed by atoms with Gasteiger partial charge in [0.25, 0.3) is 0 Å². The fourth-order valence-electron chi connectivity index (χ4n) is 4.70. The van der Waals surface area contributed by atoms with Crippen molar-refractivity contribution >= 4 is 22.8 Å². The largest absolute Gasteiger partial charge is 0.417 e. The number of anilines is 1. The van der Waals surface area contributed by atoms with Crippen molar-refractivity contribution in [3.8, 4) is 0 Å². The maximum Gasteiger partial charge on any atom is 0.417 e. The average molecular weight is 425 g/mol. The third-order valence-electron chi connectivity index (χ3n) is 6.41. The summed E-state index contributed by atoms with van der Waals surface area (Å²) >= 11 is 0. The van der Waals surface area contributed by atoms with Gasteiger partial charge in [-0.05, 0) is 31.7 Å². The van der Waals surface area contributed by atoms with Gasteiger partial charge in [-0.1, -0.05) is 19.3 Å². The molecular weight excluding hydrogens is 399 g/mol. The molecule has 0 radical (unpaired) electrons. The molecular formula is C20H26F3N5O2. The summed E-state index contributed by atoms with van der Waals surface area (Å²) in [5, 5.41) is 16.6. The van der Waals surface area contributed by atoms with E-state index in [1.807, 2.05) is 0 Å². The van der Waals surface area contributed by atoms with E-state index in [-0.39, 0.29) is 35.1 Å². The quantitative estimate of drug-likeness (QED) is 0.699. The summed E-state index contributed by atoms with van der Waals surface area (Å²) < 4.78 is 40.6. The number of halogens is 3. The van der Waals surface area contributed by atoms with Crippen molar-refractivity contribution in [2.75, 3.05) is 18.8 Å². The molecule has 1 saturated carbocycles. The van der Waals surface area contributed by atoms with Crippen molar-refractivity contribution in [3.63, 3.8) is 0 Å². The van der Waals surface area contributed by atoms with Gasteiger partial charge >= 0.3 is 6.18 Å². The minimum atomic E-state index is -4.57. The van der Waals surface area contributed by atoms with Crippen LogP contribution in [-0.2, 0) is 11.0 Å². The number of rotatable bonds is 3. The first kappa shape index (κ1) is 20.9. The van der Waals surface area contributed by atoms with Crippen LogP contribution in [-0.4, -0.2) is 49.8 Å². The van der Waals surface area contributed by atoms with E-state index in [9.17, 15) is 23.1 Å². The molecule has 4 rings (SSSR count). The summed E-state index contributed by atoms with van der Waals surface area (Å²) in [6.07, 6.45) is 0.810. The maximum absolute atomic E-state index is 13.5. The van der Waals surface area contributed by atoms with Crippen LogP contribution in [0.4, 0.5) is 19.0 Å². The SMILES string of the molecule is Nc1[nH]nc2nc(C3CCN(C(=O)CC4(O)CCCCC4)CC3)cc(C(F)(F)F)c12. The normalized spacial score (nSPS) is 20.6. The van der Waals surface area contributed by atoms with Crippen LogP contribution in [0.15, 0.2) is 6.07 Å². The number of piperidine rings is 1. The fourth-order valence-corrected chi connectivity index (χ4v) is 4.70. The smallest absolute Gasteiger partial charge is 0.389 e. The highest BCUT2D eigenvalue weighted by atomic mass is 19.4. The molecule has 7 nitrogen and oxygen atoms in total. The highest BCUT2D eigenvalue weighted by molar-refractivity contribution is 5.89. The van der Waals surface area contributed by atoms with Gasteiger partial charge in [-0.15, -0.1) is 0 Å². The number of hydrogen-bond donors (Lipinski definition) is 3. The van der Waals surface area contributed by atoms with Crippen molar-refractivity contribution in [1.29, 1.82) is 0 Å². The monoisotopic (exact) mass is 425 g/mol. The maximum atomic E-state index is 13.5. The molecule has 30 heavy (non-hydrogen) atoms. The number of carbonyl (C=O) groups excluding carboxylic acids is 1. The lowest BCUT2D eigenvalue weighted by Crippen LogP contribution is -2.43. The predicted octanol–water partition coefficient (Wildman–Crippen LogP) is 3.35. The number of alkyl halides is 3. The van der Waals surface area contributed by atoms with E-state index < -0.39 is 17.3 Å². The van der Waals surface area contributed by atoms with Crippen molar-refractivity contribution in [3.05, 3.63) is 17.3 Å². The van der Waals surface area contributed by atoms with Crippen LogP contribution < -0.4 is 5.73 Å². The van der Waals surface area contributed by atoms with E-state index in [1.165, 1.54) is 0 Å². The van der Waals surface area contributed by atoms with Gasteiger partial charge in [-0.3, -0.25) is 9.89 Å². The first-order valence-electron chi connectivity index (χ1n) is 10.4. The summed E-state index contributed by atoms with van der Waals surface area (Å²) in [5.74, 6) is -0.440. The summed E-state index contributed by atoms with van der Waals surface area (Å²) in [5.41, 5.74) is 4.13. The third-order valence-corrected chi connectivity index (χ3v) is 6.41. The molecule has 0 spiro atoms. The van der Waals surface area contributed by atoms with Crippen molar-refractivity contribution in [2.45, 2.75) is 69.1 Å². The van der Waals surface area contributed by atoms with Crippen LogP contribution in [0.2, 0.25) is 0 Å². The Bertz CT molecular complexity index is 928. The van der Waals surface area contributed by atoms with Gasteiger partial charge < -0.3 is 15.7 Å². The number of hydrogen-bond acceptors (Lipinski definition) is 5. The molecule has 2 aromatic rings. The van der Waals surface area contributed by atoms with Gasteiger partial charge in [0.1, 0.15) is 5.82 Å². The Kier molecular flexibility index (Phi) is 5.37. The Morgan fingerprint density at radius 2 is 1.93 bits per heavy atom. The number of nitrogens with two attached hydrogens (primary N) is 1. The van der Waals surface area contributed by atoms with Crippen LogP contribution in [0.1, 0.15) is 68.5 Å². The van der Waals surface area contributed by atoms with Gasteiger partial charge in [0.2, 0.25) is 5.91 Å². The van der Waals surface area contributed by atoms with E-state index in [2.05, 4.69) is 15.2 Å². The Labute approximate surface area is 171 Å². The number of fused-ring (bicyclic) bond motifs is 1. The summed E-state index contributed by atoms with van der Waals surface area (Å²) in [6.45, 7) is 0.868. The topological polar surface area (TPSA) is 108 Å². The van der Waals surface area contributed by atoms with Gasteiger partial charge in [0, 0.05) is 24.7 Å². The van der Waals surface area contributed by atoms with Gasteiger partial charge in [-0.2, -0.15) is 18.3 Å². The molecule has 1 amide bonds.